The van der Waals surface area contributed by atoms with Gasteiger partial charge in [0.1, 0.15) is 22.5 Å². The molecule has 9 heteroatoms. The van der Waals surface area contributed by atoms with Gasteiger partial charge in [0.05, 0.1) is 19.4 Å². The molecular weight excluding hydrogens is 416 g/mol. The van der Waals surface area contributed by atoms with E-state index in [0.717, 1.165) is 15.5 Å². The number of nitrogens with zero attached hydrogens (tertiary/aromatic N) is 2. The molecule has 0 radical (unpaired) electrons. The molecule has 3 aliphatic rings. The van der Waals surface area contributed by atoms with Crippen LogP contribution in [0.5, 0.6) is 0 Å². The number of hydrogen-bond donors (Lipinski definition) is 2. The SMILES string of the molecule is CC(C)(C)OC(=O)N1CCOC[C@H]1C(=O)NC1=CN2C=C(c3ccccc3)SC2=CN1. The number of nitrogens with one attached hydrogen (secondary N) is 2. The zero-order chi connectivity index (χ0) is 22.0. The van der Waals surface area contributed by atoms with Crippen LogP contribution in [-0.2, 0) is 14.3 Å². The molecule has 2 N–H and O–H groups in total. The van der Waals surface area contributed by atoms with E-state index in [4.69, 9.17) is 9.47 Å². The second-order valence-corrected chi connectivity index (χ2v) is 9.35. The van der Waals surface area contributed by atoms with Gasteiger partial charge in [-0.1, -0.05) is 42.1 Å². The molecule has 2 amide bonds. The molecule has 0 aliphatic carbocycles. The van der Waals surface area contributed by atoms with Crippen molar-refractivity contribution in [3.8, 4) is 0 Å². The first-order valence-electron chi connectivity index (χ1n) is 10.1. The maximum Gasteiger partial charge on any atom is 0.411 e. The molecular formula is C22H26N4O4S. The molecule has 1 aromatic carbocycles. The second-order valence-electron chi connectivity index (χ2n) is 8.29. The van der Waals surface area contributed by atoms with Crippen LogP contribution >= 0.6 is 11.8 Å². The average Bonchev–Trinajstić information content (AvgIpc) is 3.16. The lowest BCUT2D eigenvalue weighted by Gasteiger charge is -2.36. The fourth-order valence-electron chi connectivity index (χ4n) is 3.28. The summed E-state index contributed by atoms with van der Waals surface area (Å²) >= 11 is 1.65. The Labute approximate surface area is 185 Å². The van der Waals surface area contributed by atoms with Crippen LogP contribution in [0.15, 0.2) is 59.8 Å². The Balaban J connectivity index is 1.43. The number of amides is 2. The monoisotopic (exact) mass is 442 g/mol. The summed E-state index contributed by atoms with van der Waals surface area (Å²) in [6, 6.07) is 9.36. The van der Waals surface area contributed by atoms with Crippen LogP contribution in [0.4, 0.5) is 4.79 Å². The van der Waals surface area contributed by atoms with E-state index >= 15 is 0 Å². The van der Waals surface area contributed by atoms with Crippen LogP contribution in [0.2, 0.25) is 0 Å². The number of carbonyl (C=O) groups is 2. The fourth-order valence-corrected chi connectivity index (χ4v) is 4.26. The first-order chi connectivity index (χ1) is 14.8. The molecule has 8 nitrogen and oxygen atoms in total. The molecule has 3 aliphatic heterocycles. The molecule has 31 heavy (non-hydrogen) atoms. The summed E-state index contributed by atoms with van der Waals surface area (Å²) in [6.07, 6.45) is 5.17. The predicted molar refractivity (Wildman–Crippen MR) is 119 cm³/mol. The number of ether oxygens (including phenoxy) is 2. The molecule has 0 saturated carbocycles. The van der Waals surface area contributed by atoms with E-state index in [1.807, 2.05) is 41.7 Å². The summed E-state index contributed by atoms with van der Waals surface area (Å²) in [6.45, 7) is 6.19. The zero-order valence-corrected chi connectivity index (χ0v) is 18.6. The van der Waals surface area contributed by atoms with E-state index in [0.29, 0.717) is 19.0 Å². The molecule has 0 spiro atoms. The highest BCUT2D eigenvalue weighted by atomic mass is 32.2. The summed E-state index contributed by atoms with van der Waals surface area (Å²) in [5, 5.41) is 6.98. The first kappa shape index (κ1) is 21.3. The van der Waals surface area contributed by atoms with Crippen LogP contribution in [0.3, 0.4) is 0 Å². The normalized spacial score (nSPS) is 20.7. The Morgan fingerprint density at radius 2 is 2.00 bits per heavy atom. The molecule has 0 aromatic heterocycles. The van der Waals surface area contributed by atoms with E-state index in [1.54, 1.807) is 32.5 Å². The summed E-state index contributed by atoms with van der Waals surface area (Å²) in [7, 11) is 0. The largest absolute Gasteiger partial charge is 0.444 e. The Bertz CT molecular complexity index is 952. The minimum Gasteiger partial charge on any atom is -0.444 e. The summed E-state index contributed by atoms with van der Waals surface area (Å²) in [5.74, 6) is 0.190. The molecule has 1 aromatic rings. The van der Waals surface area contributed by atoms with Gasteiger partial charge < -0.3 is 25.0 Å². The predicted octanol–water partition coefficient (Wildman–Crippen LogP) is 2.99. The van der Waals surface area contributed by atoms with E-state index < -0.39 is 17.7 Å². The van der Waals surface area contributed by atoms with Gasteiger partial charge in [0.2, 0.25) is 0 Å². The van der Waals surface area contributed by atoms with Crippen molar-refractivity contribution >= 4 is 28.7 Å². The number of fused-ring (bicyclic) bond motifs is 1. The molecule has 0 unspecified atom stereocenters. The van der Waals surface area contributed by atoms with Crippen molar-refractivity contribution in [1.29, 1.82) is 0 Å². The smallest absolute Gasteiger partial charge is 0.411 e. The summed E-state index contributed by atoms with van der Waals surface area (Å²) in [5.41, 5.74) is 0.496. The number of benzene rings is 1. The van der Waals surface area contributed by atoms with Crippen LogP contribution < -0.4 is 10.6 Å². The van der Waals surface area contributed by atoms with Gasteiger partial charge in [-0.2, -0.15) is 0 Å². The van der Waals surface area contributed by atoms with E-state index in [-0.39, 0.29) is 12.5 Å². The van der Waals surface area contributed by atoms with E-state index in [9.17, 15) is 9.59 Å². The highest BCUT2D eigenvalue weighted by molar-refractivity contribution is 8.12. The molecule has 0 bridgehead atoms. The minimum absolute atomic E-state index is 0.122. The van der Waals surface area contributed by atoms with Crippen molar-refractivity contribution < 1.29 is 19.1 Å². The van der Waals surface area contributed by atoms with Crippen molar-refractivity contribution in [2.24, 2.45) is 0 Å². The number of morpholine rings is 1. The van der Waals surface area contributed by atoms with Crippen LogP contribution in [0, 0.1) is 0 Å². The van der Waals surface area contributed by atoms with Gasteiger partial charge in [0.25, 0.3) is 5.91 Å². The molecule has 1 saturated heterocycles. The molecule has 4 rings (SSSR count). The van der Waals surface area contributed by atoms with E-state index in [1.165, 1.54) is 4.90 Å². The third kappa shape index (κ3) is 5.05. The molecule has 164 valence electrons. The third-order valence-corrected chi connectivity index (χ3v) is 5.82. The Hall–Kier alpha value is -2.91. The topological polar surface area (TPSA) is 83.1 Å². The minimum atomic E-state index is -0.764. The maximum atomic E-state index is 12.9. The van der Waals surface area contributed by atoms with Gasteiger partial charge in [-0.05, 0) is 26.3 Å². The number of thioether (sulfide) groups is 1. The van der Waals surface area contributed by atoms with Crippen LogP contribution in [0.1, 0.15) is 26.3 Å². The Kier molecular flexibility index (Phi) is 5.97. The van der Waals surface area contributed by atoms with Gasteiger partial charge >= 0.3 is 6.09 Å². The van der Waals surface area contributed by atoms with Gasteiger partial charge in [-0.25, -0.2) is 4.79 Å². The number of hydrogen-bond acceptors (Lipinski definition) is 7. The van der Waals surface area contributed by atoms with Crippen molar-refractivity contribution in [3.05, 3.63) is 65.3 Å². The van der Waals surface area contributed by atoms with Crippen LogP contribution in [-0.4, -0.2) is 53.2 Å². The fraction of sp³-hybridized carbons (Fsp3) is 0.364. The quantitative estimate of drug-likeness (QED) is 0.745. The lowest BCUT2D eigenvalue weighted by atomic mass is 10.2. The van der Waals surface area contributed by atoms with Crippen molar-refractivity contribution in [3.63, 3.8) is 0 Å². The Morgan fingerprint density at radius 1 is 1.23 bits per heavy atom. The number of carbonyl (C=O) groups excluding carboxylic acids is 2. The summed E-state index contributed by atoms with van der Waals surface area (Å²) in [4.78, 5) is 30.0. The molecule has 1 fully saturated rings. The van der Waals surface area contributed by atoms with Gasteiger partial charge in [0, 0.05) is 23.8 Å². The average molecular weight is 443 g/mol. The van der Waals surface area contributed by atoms with Gasteiger partial charge in [0.15, 0.2) is 0 Å². The number of rotatable bonds is 3. The third-order valence-electron chi connectivity index (χ3n) is 4.72. The molecule has 1 atom stereocenters. The van der Waals surface area contributed by atoms with Crippen molar-refractivity contribution in [2.75, 3.05) is 19.8 Å². The summed E-state index contributed by atoms with van der Waals surface area (Å²) < 4.78 is 10.9. The highest BCUT2D eigenvalue weighted by Crippen LogP contribution is 2.42. The van der Waals surface area contributed by atoms with Crippen LogP contribution in [0.25, 0.3) is 4.91 Å². The lowest BCUT2D eigenvalue weighted by Crippen LogP contribution is -2.57. The Morgan fingerprint density at radius 3 is 2.74 bits per heavy atom. The second kappa shape index (κ2) is 8.68. The van der Waals surface area contributed by atoms with Crippen molar-refractivity contribution in [2.45, 2.75) is 32.4 Å². The zero-order valence-electron chi connectivity index (χ0n) is 17.8. The van der Waals surface area contributed by atoms with E-state index in [2.05, 4.69) is 22.8 Å². The molecule has 3 heterocycles. The maximum absolute atomic E-state index is 12.9. The van der Waals surface area contributed by atoms with Gasteiger partial charge in [-0.3, -0.25) is 9.69 Å². The van der Waals surface area contributed by atoms with Gasteiger partial charge in [-0.15, -0.1) is 0 Å². The lowest BCUT2D eigenvalue weighted by molar-refractivity contribution is -0.131. The highest BCUT2D eigenvalue weighted by Gasteiger charge is 2.36. The first-order valence-corrected chi connectivity index (χ1v) is 10.9. The standard InChI is InChI=1S/C22H26N4O4S/c1-22(2,3)30-21(28)26-9-10-29-14-16(26)20(27)24-18-13-25-12-17(31-19(25)11-23-18)15-7-5-4-6-8-15/h4-8,11-13,16,23H,9-10,14H2,1-3H3,(H,24,27)/t16-/m0/s1. The van der Waals surface area contributed by atoms with Crippen molar-refractivity contribution in [1.82, 2.24) is 20.4 Å².